The van der Waals surface area contributed by atoms with E-state index in [4.69, 9.17) is 16.0 Å². The fraction of sp³-hybridized carbons (Fsp3) is 0.517. The van der Waals surface area contributed by atoms with Crippen LogP contribution in [0.3, 0.4) is 0 Å². The Hall–Kier alpha value is -3.62. The standard InChI is InChI=1S/C29H41N5O8/c1-20(27(35)36)32-13-15-33(25(28(37)38)6-3-17-42-41)18-23-4-2-5-24(31-23)19-34(16-14-32)26(29(39)40)12-9-21-7-10-22(30)11-8-21/h2,4-5,7-8,10-11,20,25-26,41H,3,6,9,12-19,30H2,1H3,(H,35,36)(H,37,38)(H,39,40). The topological polar surface area (TPSA) is 190 Å². The fourth-order valence-corrected chi connectivity index (χ4v) is 5.23. The van der Waals surface area contributed by atoms with Gasteiger partial charge in [-0.2, -0.15) is 0 Å². The number of aryl methyl sites for hydroxylation is 1. The van der Waals surface area contributed by atoms with Crippen LogP contribution in [-0.4, -0.2) is 109 Å². The average molecular weight is 588 g/mol. The first kappa shape index (κ1) is 32.9. The summed E-state index contributed by atoms with van der Waals surface area (Å²) in [6.45, 7) is 2.96. The molecule has 2 heterocycles. The van der Waals surface area contributed by atoms with E-state index in [0.717, 1.165) is 5.56 Å². The first-order chi connectivity index (χ1) is 20.1. The van der Waals surface area contributed by atoms with Gasteiger partial charge in [0.15, 0.2) is 0 Å². The van der Waals surface area contributed by atoms with Gasteiger partial charge in [0.05, 0.1) is 18.0 Å². The number of carbonyl (C=O) groups is 3. The first-order valence-corrected chi connectivity index (χ1v) is 14.0. The molecule has 3 rings (SSSR count). The molecular formula is C29H41N5O8. The van der Waals surface area contributed by atoms with Crippen molar-refractivity contribution in [2.75, 3.05) is 38.5 Å². The van der Waals surface area contributed by atoms with E-state index in [1.54, 1.807) is 41.0 Å². The summed E-state index contributed by atoms with van der Waals surface area (Å²) in [5, 5.41) is 38.7. The van der Waals surface area contributed by atoms with Crippen molar-refractivity contribution >= 4 is 23.6 Å². The lowest BCUT2D eigenvalue weighted by molar-refractivity contribution is -0.243. The average Bonchev–Trinajstić information content (AvgIpc) is 2.94. The Morgan fingerprint density at radius 3 is 1.86 bits per heavy atom. The smallest absolute Gasteiger partial charge is 0.320 e. The van der Waals surface area contributed by atoms with E-state index in [9.17, 15) is 29.7 Å². The molecule has 1 aliphatic rings. The van der Waals surface area contributed by atoms with Gasteiger partial charge in [-0.15, -0.1) is 0 Å². The molecule has 0 saturated heterocycles. The van der Waals surface area contributed by atoms with Crippen LogP contribution >= 0.6 is 0 Å². The Morgan fingerprint density at radius 1 is 0.833 bits per heavy atom. The number of aliphatic carboxylic acids is 3. The number of nitrogen functional groups attached to an aromatic ring is 1. The number of nitrogens with zero attached hydrogens (tertiary/aromatic N) is 4. The van der Waals surface area contributed by atoms with Crippen LogP contribution in [0.1, 0.15) is 43.1 Å². The zero-order valence-corrected chi connectivity index (χ0v) is 23.8. The molecular weight excluding hydrogens is 546 g/mol. The van der Waals surface area contributed by atoms with Crippen LogP contribution in [0.25, 0.3) is 0 Å². The third-order valence-electron chi connectivity index (χ3n) is 7.70. The highest BCUT2D eigenvalue weighted by Crippen LogP contribution is 2.19. The second kappa shape index (κ2) is 16.1. The molecule has 2 aromatic rings. The molecule has 230 valence electrons. The molecule has 0 radical (unpaired) electrons. The highest BCUT2D eigenvalue weighted by atomic mass is 17.1. The lowest BCUT2D eigenvalue weighted by Gasteiger charge is -2.36. The van der Waals surface area contributed by atoms with Crippen LogP contribution in [0.2, 0.25) is 0 Å². The molecule has 0 amide bonds. The highest BCUT2D eigenvalue weighted by molar-refractivity contribution is 5.74. The minimum absolute atomic E-state index is 0.00750. The van der Waals surface area contributed by atoms with Crippen LogP contribution < -0.4 is 5.73 Å². The van der Waals surface area contributed by atoms with Crippen LogP contribution in [0, 0.1) is 0 Å². The normalized spacial score (nSPS) is 17.9. The van der Waals surface area contributed by atoms with E-state index in [1.165, 1.54) is 0 Å². The van der Waals surface area contributed by atoms with Crippen molar-refractivity contribution in [2.45, 2.75) is 63.8 Å². The van der Waals surface area contributed by atoms with E-state index in [2.05, 4.69) is 4.89 Å². The van der Waals surface area contributed by atoms with Gasteiger partial charge < -0.3 is 21.1 Å². The van der Waals surface area contributed by atoms with Gasteiger partial charge in [-0.05, 0) is 62.4 Å². The van der Waals surface area contributed by atoms with Crippen molar-refractivity contribution in [3.05, 3.63) is 59.4 Å². The van der Waals surface area contributed by atoms with Crippen molar-refractivity contribution in [2.24, 2.45) is 0 Å². The fourth-order valence-electron chi connectivity index (χ4n) is 5.23. The number of nitrogens with two attached hydrogens (primary N) is 1. The number of carboxylic acids is 3. The quantitative estimate of drug-likeness (QED) is 0.0989. The molecule has 1 aromatic carbocycles. The van der Waals surface area contributed by atoms with Crippen molar-refractivity contribution in [3.8, 4) is 0 Å². The lowest BCUT2D eigenvalue weighted by Crippen LogP contribution is -2.51. The Kier molecular flexibility index (Phi) is 12.6. The highest BCUT2D eigenvalue weighted by Gasteiger charge is 2.31. The number of aromatic nitrogens is 1. The third-order valence-corrected chi connectivity index (χ3v) is 7.70. The van der Waals surface area contributed by atoms with Gasteiger partial charge in [0, 0.05) is 45.0 Å². The van der Waals surface area contributed by atoms with Crippen molar-refractivity contribution < 1.29 is 39.8 Å². The molecule has 3 unspecified atom stereocenters. The monoisotopic (exact) mass is 587 g/mol. The number of anilines is 1. The molecule has 3 atom stereocenters. The maximum Gasteiger partial charge on any atom is 0.320 e. The number of benzene rings is 1. The number of hydrogen-bond donors (Lipinski definition) is 5. The van der Waals surface area contributed by atoms with Gasteiger partial charge in [-0.25, -0.2) is 4.89 Å². The van der Waals surface area contributed by atoms with E-state index >= 15 is 0 Å². The second-order valence-electron chi connectivity index (χ2n) is 10.6. The number of hydrogen-bond acceptors (Lipinski definition) is 10. The maximum atomic E-state index is 12.5. The predicted octanol–water partition coefficient (Wildman–Crippen LogP) is 1.87. The van der Waals surface area contributed by atoms with Crippen LogP contribution in [-0.2, 0) is 38.8 Å². The summed E-state index contributed by atoms with van der Waals surface area (Å²) in [6.07, 6.45) is 1.38. The SMILES string of the molecule is CC(C(=O)O)N1CCN(C(CCCOO)C(=O)O)Cc2cccc(n2)CN(C(CCc2ccc(N)cc2)C(=O)O)CC1. The van der Waals surface area contributed by atoms with Crippen LogP contribution in [0.15, 0.2) is 42.5 Å². The summed E-state index contributed by atoms with van der Waals surface area (Å²) in [5.74, 6) is -3.04. The molecule has 6 N–H and O–H groups in total. The molecule has 13 heteroatoms. The predicted molar refractivity (Wildman–Crippen MR) is 154 cm³/mol. The van der Waals surface area contributed by atoms with Crippen molar-refractivity contribution in [1.82, 2.24) is 19.7 Å². The Morgan fingerprint density at radius 2 is 1.36 bits per heavy atom. The van der Waals surface area contributed by atoms with Gasteiger partial charge in [0.2, 0.25) is 0 Å². The summed E-state index contributed by atoms with van der Waals surface area (Å²) in [6, 6.07) is 10.1. The van der Waals surface area contributed by atoms with Crippen LogP contribution in [0.5, 0.6) is 0 Å². The van der Waals surface area contributed by atoms with Gasteiger partial charge in [-0.1, -0.05) is 18.2 Å². The zero-order valence-electron chi connectivity index (χ0n) is 23.8. The van der Waals surface area contributed by atoms with E-state index in [-0.39, 0.29) is 52.3 Å². The second-order valence-corrected chi connectivity index (χ2v) is 10.6. The Balaban J connectivity index is 1.92. The van der Waals surface area contributed by atoms with Crippen molar-refractivity contribution in [3.63, 3.8) is 0 Å². The van der Waals surface area contributed by atoms with Gasteiger partial charge >= 0.3 is 17.9 Å². The Bertz CT molecular complexity index is 1180. The third kappa shape index (κ3) is 9.74. The minimum atomic E-state index is -1.04. The summed E-state index contributed by atoms with van der Waals surface area (Å²) in [5.41, 5.74) is 8.62. The molecule has 42 heavy (non-hydrogen) atoms. The maximum absolute atomic E-state index is 12.5. The minimum Gasteiger partial charge on any atom is -0.480 e. The summed E-state index contributed by atoms with van der Waals surface area (Å²) >= 11 is 0. The molecule has 13 nitrogen and oxygen atoms in total. The summed E-state index contributed by atoms with van der Waals surface area (Å²) in [4.78, 5) is 50.9. The molecule has 0 saturated carbocycles. The van der Waals surface area contributed by atoms with Gasteiger partial charge in [0.1, 0.15) is 18.1 Å². The number of rotatable bonds is 13. The first-order valence-electron chi connectivity index (χ1n) is 14.0. The number of fused-ring (bicyclic) bond motifs is 2. The largest absolute Gasteiger partial charge is 0.480 e. The van der Waals surface area contributed by atoms with Gasteiger partial charge in [0.25, 0.3) is 0 Å². The molecule has 1 aliphatic heterocycles. The molecule has 0 spiro atoms. The van der Waals surface area contributed by atoms with E-state index in [1.807, 2.05) is 23.1 Å². The summed E-state index contributed by atoms with van der Waals surface area (Å²) in [7, 11) is 0. The van der Waals surface area contributed by atoms with Crippen molar-refractivity contribution in [1.29, 1.82) is 0 Å². The van der Waals surface area contributed by atoms with E-state index < -0.39 is 36.0 Å². The number of carboxylic acid groups (broad SMARTS) is 3. The van der Waals surface area contributed by atoms with E-state index in [0.29, 0.717) is 36.3 Å². The molecule has 0 aliphatic carbocycles. The molecule has 0 fully saturated rings. The molecule has 1 aromatic heterocycles. The lowest BCUT2D eigenvalue weighted by atomic mass is 10.0. The Labute approximate surface area is 245 Å². The van der Waals surface area contributed by atoms with Crippen LogP contribution in [0.4, 0.5) is 5.69 Å². The number of pyridine rings is 1. The zero-order chi connectivity index (χ0) is 30.6. The molecule has 2 bridgehead atoms. The van der Waals surface area contributed by atoms with Gasteiger partial charge in [-0.3, -0.25) is 39.3 Å². The summed E-state index contributed by atoms with van der Waals surface area (Å²) < 4.78 is 0.